The van der Waals surface area contributed by atoms with E-state index in [0.29, 0.717) is 13.0 Å². The van der Waals surface area contributed by atoms with Crippen LogP contribution in [0, 0.1) is 24.2 Å². The number of amides is 1. The predicted octanol–water partition coefficient (Wildman–Crippen LogP) is 2.50. The maximum atomic E-state index is 11.5. The highest BCUT2D eigenvalue weighted by Crippen LogP contribution is 2.01. The first-order valence-corrected chi connectivity index (χ1v) is 6.07. The van der Waals surface area contributed by atoms with Gasteiger partial charge in [-0.05, 0) is 30.2 Å². The molecule has 1 aromatic rings. The first-order chi connectivity index (χ1) is 8.83. The summed E-state index contributed by atoms with van der Waals surface area (Å²) in [6.45, 7) is 0.594. The number of nitrogens with one attached hydrogen (secondary N) is 1. The highest BCUT2D eigenvalue weighted by atomic mass is 16.1. The average molecular weight is 239 g/mol. The van der Waals surface area contributed by atoms with E-state index in [4.69, 9.17) is 6.42 Å². The summed E-state index contributed by atoms with van der Waals surface area (Å²) < 4.78 is 0. The van der Waals surface area contributed by atoms with Gasteiger partial charge in [0, 0.05) is 19.4 Å². The van der Waals surface area contributed by atoms with E-state index in [1.54, 1.807) is 0 Å². The standard InChI is InChI=1S/C16H17NO/c1-2-3-4-5-6-10-13-16(18)17-14-15-11-8-7-9-12-15/h1,7-9,11-12H,5-6,10,13-14H2,(H,17,18). The van der Waals surface area contributed by atoms with Gasteiger partial charge in [-0.2, -0.15) is 0 Å². The second kappa shape index (κ2) is 8.90. The molecule has 0 saturated carbocycles. The molecule has 18 heavy (non-hydrogen) atoms. The van der Waals surface area contributed by atoms with E-state index >= 15 is 0 Å². The number of carbonyl (C=O) groups excluding carboxylic acids is 1. The first-order valence-electron chi connectivity index (χ1n) is 6.07. The predicted molar refractivity (Wildman–Crippen MR) is 73.4 cm³/mol. The Bertz CT molecular complexity index is 459. The monoisotopic (exact) mass is 239 g/mol. The Labute approximate surface area is 109 Å². The lowest BCUT2D eigenvalue weighted by Crippen LogP contribution is -2.22. The third kappa shape index (κ3) is 6.40. The summed E-state index contributed by atoms with van der Waals surface area (Å²) in [5.74, 6) is 7.76. The molecule has 1 N–H and O–H groups in total. The lowest BCUT2D eigenvalue weighted by Gasteiger charge is -2.04. The van der Waals surface area contributed by atoms with Crippen LogP contribution in [0.3, 0.4) is 0 Å². The minimum atomic E-state index is 0.0868. The molecule has 1 aromatic carbocycles. The van der Waals surface area contributed by atoms with E-state index in [2.05, 4.69) is 23.1 Å². The quantitative estimate of drug-likeness (QED) is 0.600. The number of unbranched alkanes of at least 4 members (excludes halogenated alkanes) is 2. The number of carbonyl (C=O) groups is 1. The topological polar surface area (TPSA) is 29.1 Å². The lowest BCUT2D eigenvalue weighted by atomic mass is 10.2. The van der Waals surface area contributed by atoms with Crippen molar-refractivity contribution in [2.75, 3.05) is 0 Å². The van der Waals surface area contributed by atoms with E-state index in [1.165, 1.54) is 0 Å². The summed E-state index contributed by atoms with van der Waals surface area (Å²) in [7, 11) is 0. The van der Waals surface area contributed by atoms with Crippen molar-refractivity contribution in [2.45, 2.75) is 32.2 Å². The van der Waals surface area contributed by atoms with Crippen LogP contribution >= 0.6 is 0 Å². The zero-order valence-electron chi connectivity index (χ0n) is 10.4. The molecule has 2 nitrogen and oxygen atoms in total. The molecule has 0 atom stereocenters. The second-order valence-corrected chi connectivity index (χ2v) is 3.92. The van der Waals surface area contributed by atoms with Gasteiger partial charge < -0.3 is 5.32 Å². The summed E-state index contributed by atoms with van der Waals surface area (Å²) in [5.41, 5.74) is 1.12. The minimum Gasteiger partial charge on any atom is -0.352 e. The second-order valence-electron chi connectivity index (χ2n) is 3.92. The molecule has 0 aliphatic heterocycles. The van der Waals surface area contributed by atoms with Crippen molar-refractivity contribution in [3.05, 3.63) is 35.9 Å². The van der Waals surface area contributed by atoms with Crippen LogP contribution in [0.2, 0.25) is 0 Å². The van der Waals surface area contributed by atoms with Crippen LogP contribution < -0.4 is 5.32 Å². The van der Waals surface area contributed by atoms with Crippen molar-refractivity contribution in [3.63, 3.8) is 0 Å². The zero-order valence-corrected chi connectivity index (χ0v) is 10.4. The van der Waals surface area contributed by atoms with Gasteiger partial charge in [-0.25, -0.2) is 0 Å². The van der Waals surface area contributed by atoms with Gasteiger partial charge in [-0.15, -0.1) is 6.42 Å². The molecule has 0 bridgehead atoms. The first kappa shape index (κ1) is 13.9. The molecule has 0 heterocycles. The molecule has 0 radical (unpaired) electrons. The summed E-state index contributed by atoms with van der Waals surface area (Å²) in [6, 6.07) is 9.88. The van der Waals surface area contributed by atoms with Crippen LogP contribution in [0.4, 0.5) is 0 Å². The number of benzene rings is 1. The number of hydrogen-bond donors (Lipinski definition) is 1. The Hall–Kier alpha value is -2.19. The van der Waals surface area contributed by atoms with Crippen molar-refractivity contribution in [1.29, 1.82) is 0 Å². The van der Waals surface area contributed by atoms with E-state index in [9.17, 15) is 4.79 Å². The third-order valence-corrected chi connectivity index (χ3v) is 2.45. The van der Waals surface area contributed by atoms with Gasteiger partial charge in [0.2, 0.25) is 5.91 Å². The zero-order chi connectivity index (χ0) is 13.1. The maximum Gasteiger partial charge on any atom is 0.220 e. The van der Waals surface area contributed by atoms with Crippen LogP contribution in [0.25, 0.3) is 0 Å². The van der Waals surface area contributed by atoms with Gasteiger partial charge >= 0.3 is 0 Å². The van der Waals surface area contributed by atoms with Gasteiger partial charge in [0.1, 0.15) is 0 Å². The molecule has 92 valence electrons. The normalized spacial score (nSPS) is 8.83. The fourth-order valence-electron chi connectivity index (χ4n) is 1.50. The molecule has 0 aliphatic rings. The van der Waals surface area contributed by atoms with E-state index in [1.807, 2.05) is 30.3 Å². The molecule has 0 unspecified atom stereocenters. The summed E-state index contributed by atoms with van der Waals surface area (Å²) >= 11 is 0. The van der Waals surface area contributed by atoms with Gasteiger partial charge in [0.05, 0.1) is 0 Å². The van der Waals surface area contributed by atoms with Crippen LogP contribution in [-0.4, -0.2) is 5.91 Å². The van der Waals surface area contributed by atoms with Gasteiger partial charge in [-0.3, -0.25) is 4.79 Å². The lowest BCUT2D eigenvalue weighted by molar-refractivity contribution is -0.121. The number of rotatable bonds is 6. The van der Waals surface area contributed by atoms with Crippen molar-refractivity contribution in [3.8, 4) is 24.2 Å². The molecule has 0 spiro atoms. The molecule has 0 fully saturated rings. The Balaban J connectivity index is 2.10. The largest absolute Gasteiger partial charge is 0.352 e. The Kier molecular flexibility index (Phi) is 6.86. The highest BCUT2D eigenvalue weighted by molar-refractivity contribution is 5.75. The Morgan fingerprint density at radius 3 is 2.72 bits per heavy atom. The van der Waals surface area contributed by atoms with Gasteiger partial charge in [-0.1, -0.05) is 36.3 Å². The molecule has 2 heteroatoms. The number of hydrogen-bond acceptors (Lipinski definition) is 1. The molecule has 1 rings (SSSR count). The van der Waals surface area contributed by atoms with Gasteiger partial charge in [0.15, 0.2) is 0 Å². The molecule has 0 saturated heterocycles. The smallest absolute Gasteiger partial charge is 0.220 e. The van der Waals surface area contributed by atoms with E-state index in [-0.39, 0.29) is 5.91 Å². The Morgan fingerprint density at radius 1 is 1.22 bits per heavy atom. The van der Waals surface area contributed by atoms with Crippen molar-refractivity contribution < 1.29 is 4.79 Å². The SMILES string of the molecule is C#CC#CCCCCC(=O)NCc1ccccc1. The summed E-state index contributed by atoms with van der Waals surface area (Å²) in [4.78, 5) is 11.5. The van der Waals surface area contributed by atoms with Crippen molar-refractivity contribution in [1.82, 2.24) is 5.32 Å². The van der Waals surface area contributed by atoms with Gasteiger partial charge in [0.25, 0.3) is 0 Å². The average Bonchev–Trinajstić information content (AvgIpc) is 2.41. The fourth-order valence-corrected chi connectivity index (χ4v) is 1.50. The summed E-state index contributed by atoms with van der Waals surface area (Å²) in [5, 5.41) is 2.89. The molecular formula is C16H17NO. The van der Waals surface area contributed by atoms with E-state index < -0.39 is 0 Å². The molecule has 0 aromatic heterocycles. The van der Waals surface area contributed by atoms with Crippen LogP contribution in [0.1, 0.15) is 31.2 Å². The van der Waals surface area contributed by atoms with Crippen LogP contribution in [0.5, 0.6) is 0 Å². The van der Waals surface area contributed by atoms with Crippen LogP contribution in [0.15, 0.2) is 30.3 Å². The van der Waals surface area contributed by atoms with Crippen molar-refractivity contribution in [2.24, 2.45) is 0 Å². The van der Waals surface area contributed by atoms with Crippen molar-refractivity contribution >= 4 is 5.91 Å². The highest BCUT2D eigenvalue weighted by Gasteiger charge is 2.00. The van der Waals surface area contributed by atoms with Crippen LogP contribution in [-0.2, 0) is 11.3 Å². The molecule has 1 amide bonds. The molecular weight excluding hydrogens is 222 g/mol. The number of terminal acetylenes is 1. The Morgan fingerprint density at radius 2 is 2.00 bits per heavy atom. The fraction of sp³-hybridized carbons (Fsp3) is 0.312. The minimum absolute atomic E-state index is 0.0868. The van der Waals surface area contributed by atoms with E-state index in [0.717, 1.165) is 24.8 Å². The summed E-state index contributed by atoms with van der Waals surface area (Å²) in [6.07, 6.45) is 8.06. The maximum absolute atomic E-state index is 11.5. The molecule has 0 aliphatic carbocycles. The third-order valence-electron chi connectivity index (χ3n) is 2.45.